The lowest BCUT2D eigenvalue weighted by molar-refractivity contribution is -0.119. The predicted octanol–water partition coefficient (Wildman–Crippen LogP) is 2.01. The molecular weight excluding hydrogens is 288 g/mol. The summed E-state index contributed by atoms with van der Waals surface area (Å²) in [7, 11) is 1.46. The molecule has 0 spiro atoms. The summed E-state index contributed by atoms with van der Waals surface area (Å²) in [6.45, 7) is 1.72. The normalized spacial score (nSPS) is 11.7. The molecule has 1 aromatic heterocycles. The number of amides is 3. The van der Waals surface area contributed by atoms with Crippen molar-refractivity contribution < 1.29 is 9.59 Å². The number of imidazole rings is 1. The Kier molecular flexibility index (Phi) is 4.99. The van der Waals surface area contributed by atoms with E-state index in [4.69, 9.17) is 0 Å². The van der Waals surface area contributed by atoms with Gasteiger partial charge in [0.05, 0.1) is 17.1 Å². The van der Waals surface area contributed by atoms with Gasteiger partial charge in [0, 0.05) is 7.05 Å². The average Bonchev–Trinajstić information content (AvgIpc) is 2.96. The van der Waals surface area contributed by atoms with Gasteiger partial charge in [-0.15, -0.1) is 0 Å². The Bertz CT molecular complexity index is 627. The summed E-state index contributed by atoms with van der Waals surface area (Å²) in [6, 6.07) is 9.27. The number of carbonyl (C=O) groups excluding carboxylic acids is 2. The summed E-state index contributed by atoms with van der Waals surface area (Å²) < 4.78 is 0. The van der Waals surface area contributed by atoms with Gasteiger partial charge in [0.2, 0.25) is 5.91 Å². The predicted molar refractivity (Wildman–Crippen MR) is 81.9 cm³/mol. The van der Waals surface area contributed by atoms with E-state index in [1.165, 1.54) is 18.8 Å². The molecule has 21 heavy (non-hydrogen) atoms. The van der Waals surface area contributed by atoms with Crippen molar-refractivity contribution in [2.24, 2.45) is 0 Å². The van der Waals surface area contributed by atoms with Crippen molar-refractivity contribution in [3.8, 4) is 11.3 Å². The lowest BCUT2D eigenvalue weighted by atomic mass is 10.2. The Balaban J connectivity index is 1.99. The summed E-state index contributed by atoms with van der Waals surface area (Å²) in [5, 5.41) is 4.77. The number of rotatable bonds is 4. The number of hydrogen-bond acceptors (Lipinski definition) is 4. The van der Waals surface area contributed by atoms with E-state index >= 15 is 0 Å². The van der Waals surface area contributed by atoms with Crippen LogP contribution < -0.4 is 10.6 Å². The molecule has 3 N–H and O–H groups in total. The molecule has 7 heteroatoms. The highest BCUT2D eigenvalue weighted by Crippen LogP contribution is 2.24. The maximum Gasteiger partial charge on any atom is 0.321 e. The minimum Gasteiger partial charge on any atom is -0.341 e. The number of nitrogens with one attached hydrogen (secondary N) is 3. The molecule has 0 bridgehead atoms. The molecule has 1 atom stereocenters. The van der Waals surface area contributed by atoms with E-state index in [0.717, 1.165) is 11.3 Å². The summed E-state index contributed by atoms with van der Waals surface area (Å²) in [4.78, 5) is 30.2. The molecule has 2 rings (SSSR count). The van der Waals surface area contributed by atoms with E-state index in [-0.39, 0.29) is 5.91 Å². The van der Waals surface area contributed by atoms with Crippen molar-refractivity contribution in [3.63, 3.8) is 0 Å². The Morgan fingerprint density at radius 2 is 2.00 bits per heavy atom. The number of aromatic nitrogens is 2. The molecule has 110 valence electrons. The van der Waals surface area contributed by atoms with Gasteiger partial charge in [-0.1, -0.05) is 42.1 Å². The molecule has 2 aromatic rings. The quantitative estimate of drug-likeness (QED) is 0.754. The molecular formula is C14H16N4O2S. The molecule has 1 aromatic carbocycles. The molecule has 0 aliphatic rings. The fraction of sp³-hybridized carbons (Fsp3) is 0.214. The van der Waals surface area contributed by atoms with Crippen molar-refractivity contribution in [2.45, 2.75) is 17.3 Å². The van der Waals surface area contributed by atoms with E-state index in [1.807, 2.05) is 30.3 Å². The van der Waals surface area contributed by atoms with Crippen molar-refractivity contribution in [2.75, 3.05) is 7.05 Å². The first kappa shape index (κ1) is 15.1. The van der Waals surface area contributed by atoms with Gasteiger partial charge >= 0.3 is 6.03 Å². The molecule has 0 saturated heterocycles. The minimum atomic E-state index is -0.517. The van der Waals surface area contributed by atoms with Gasteiger partial charge in [-0.2, -0.15) is 0 Å². The lowest BCUT2D eigenvalue weighted by Crippen LogP contribution is -2.41. The summed E-state index contributed by atoms with van der Waals surface area (Å²) >= 11 is 1.26. The molecule has 0 saturated carbocycles. The average molecular weight is 304 g/mol. The molecule has 3 amide bonds. The Labute approximate surface area is 126 Å². The van der Waals surface area contributed by atoms with Gasteiger partial charge in [-0.05, 0) is 12.5 Å². The number of benzene rings is 1. The third-order valence-corrected chi connectivity index (χ3v) is 3.76. The van der Waals surface area contributed by atoms with Crippen LogP contribution in [0.1, 0.15) is 6.92 Å². The lowest BCUT2D eigenvalue weighted by Gasteiger charge is -2.08. The smallest absolute Gasteiger partial charge is 0.321 e. The van der Waals surface area contributed by atoms with Gasteiger partial charge < -0.3 is 10.3 Å². The number of thioether (sulfide) groups is 1. The fourth-order valence-electron chi connectivity index (χ4n) is 1.62. The number of urea groups is 1. The van der Waals surface area contributed by atoms with Crippen LogP contribution in [0.25, 0.3) is 11.3 Å². The summed E-state index contributed by atoms with van der Waals surface area (Å²) in [5.41, 5.74) is 1.91. The van der Waals surface area contributed by atoms with Crippen LogP contribution in [0.4, 0.5) is 4.79 Å². The SMILES string of the molecule is CNC(=O)NC(=O)[C@H](C)Sc1ncc(-c2ccccc2)[nH]1. The zero-order valence-corrected chi connectivity index (χ0v) is 12.5. The molecule has 1 heterocycles. The third-order valence-electron chi connectivity index (χ3n) is 2.76. The van der Waals surface area contributed by atoms with Gasteiger partial charge in [0.1, 0.15) is 0 Å². The third kappa shape index (κ3) is 4.09. The first-order chi connectivity index (χ1) is 10.1. The molecule has 0 aliphatic carbocycles. The molecule has 6 nitrogen and oxygen atoms in total. The highest BCUT2D eigenvalue weighted by Gasteiger charge is 2.18. The van der Waals surface area contributed by atoms with Crippen LogP contribution in [0.3, 0.4) is 0 Å². The van der Waals surface area contributed by atoms with Crippen molar-refractivity contribution >= 4 is 23.7 Å². The topological polar surface area (TPSA) is 86.9 Å². The first-order valence-electron chi connectivity index (χ1n) is 6.40. The van der Waals surface area contributed by atoms with Gasteiger partial charge in [0.15, 0.2) is 5.16 Å². The van der Waals surface area contributed by atoms with E-state index in [1.54, 1.807) is 13.1 Å². The standard InChI is InChI=1S/C14H16N4O2S/c1-9(12(19)18-13(20)15-2)21-14-16-8-11(17-14)10-6-4-3-5-7-10/h3-9H,1-2H3,(H,16,17)(H2,15,18,19,20)/t9-/m0/s1. The van der Waals surface area contributed by atoms with Crippen LogP contribution in [-0.4, -0.2) is 34.2 Å². The highest BCUT2D eigenvalue weighted by molar-refractivity contribution is 8.00. The van der Waals surface area contributed by atoms with Crippen LogP contribution in [0.5, 0.6) is 0 Å². The van der Waals surface area contributed by atoms with Crippen LogP contribution in [0, 0.1) is 0 Å². The van der Waals surface area contributed by atoms with Crippen molar-refractivity contribution in [3.05, 3.63) is 36.5 Å². The minimum absolute atomic E-state index is 0.364. The maximum absolute atomic E-state index is 11.8. The Hall–Kier alpha value is -2.28. The van der Waals surface area contributed by atoms with E-state index in [2.05, 4.69) is 20.6 Å². The van der Waals surface area contributed by atoms with E-state index in [0.29, 0.717) is 5.16 Å². The first-order valence-corrected chi connectivity index (χ1v) is 7.27. The van der Waals surface area contributed by atoms with Crippen molar-refractivity contribution in [1.29, 1.82) is 0 Å². The van der Waals surface area contributed by atoms with Crippen LogP contribution in [-0.2, 0) is 4.79 Å². The Morgan fingerprint density at radius 1 is 1.29 bits per heavy atom. The Morgan fingerprint density at radius 3 is 2.67 bits per heavy atom. The monoisotopic (exact) mass is 304 g/mol. The number of imide groups is 1. The zero-order valence-electron chi connectivity index (χ0n) is 11.7. The van der Waals surface area contributed by atoms with Crippen LogP contribution in [0.15, 0.2) is 41.7 Å². The van der Waals surface area contributed by atoms with Crippen molar-refractivity contribution in [1.82, 2.24) is 20.6 Å². The second-order valence-electron chi connectivity index (χ2n) is 4.30. The molecule has 0 aliphatic heterocycles. The fourth-order valence-corrected chi connectivity index (χ4v) is 2.41. The van der Waals surface area contributed by atoms with Gasteiger partial charge in [-0.25, -0.2) is 9.78 Å². The highest BCUT2D eigenvalue weighted by atomic mass is 32.2. The number of H-pyrrole nitrogens is 1. The van der Waals surface area contributed by atoms with Gasteiger partial charge in [-0.3, -0.25) is 10.1 Å². The maximum atomic E-state index is 11.8. The van der Waals surface area contributed by atoms with Crippen LogP contribution in [0.2, 0.25) is 0 Å². The van der Waals surface area contributed by atoms with E-state index in [9.17, 15) is 9.59 Å². The van der Waals surface area contributed by atoms with Crippen LogP contribution >= 0.6 is 11.8 Å². The number of nitrogens with zero attached hydrogens (tertiary/aromatic N) is 1. The number of aromatic amines is 1. The summed E-state index contributed by atoms with van der Waals surface area (Å²) in [5.74, 6) is -0.364. The number of carbonyl (C=O) groups is 2. The largest absolute Gasteiger partial charge is 0.341 e. The molecule has 0 radical (unpaired) electrons. The molecule has 0 unspecified atom stereocenters. The second kappa shape index (κ2) is 6.94. The van der Waals surface area contributed by atoms with Gasteiger partial charge in [0.25, 0.3) is 0 Å². The molecule has 0 fully saturated rings. The zero-order chi connectivity index (χ0) is 15.2. The number of hydrogen-bond donors (Lipinski definition) is 3. The second-order valence-corrected chi connectivity index (χ2v) is 5.63. The summed E-state index contributed by atoms with van der Waals surface area (Å²) in [6.07, 6.45) is 1.72. The van der Waals surface area contributed by atoms with E-state index < -0.39 is 11.3 Å².